The zero-order chi connectivity index (χ0) is 12.8. The minimum Gasteiger partial charge on any atom is -0.315 e. The van der Waals surface area contributed by atoms with E-state index in [2.05, 4.69) is 29.0 Å². The van der Waals surface area contributed by atoms with Gasteiger partial charge in [-0.25, -0.2) is 0 Å². The van der Waals surface area contributed by atoms with Gasteiger partial charge >= 0.3 is 0 Å². The Morgan fingerprint density at radius 1 is 1.06 bits per heavy atom. The topological polar surface area (TPSA) is 18.5 Å². The number of piperidine rings is 2. The van der Waals surface area contributed by atoms with Gasteiger partial charge < -0.3 is 10.2 Å². The lowest BCUT2D eigenvalue weighted by Crippen LogP contribution is -2.50. The van der Waals surface area contributed by atoms with E-state index >= 15 is 0 Å². The highest BCUT2D eigenvalue weighted by Crippen LogP contribution is 2.21. The van der Waals surface area contributed by atoms with Crippen molar-refractivity contribution in [1.29, 1.82) is 0 Å². The second-order valence-electron chi connectivity index (χ2n) is 6.02. The molecule has 0 amide bonds. The summed E-state index contributed by atoms with van der Waals surface area (Å²) in [6.45, 7) is 12.1. The van der Waals surface area contributed by atoms with Crippen LogP contribution in [0.5, 0.6) is 0 Å². The van der Waals surface area contributed by atoms with Gasteiger partial charge in [-0.1, -0.05) is 13.3 Å². The van der Waals surface area contributed by atoms with E-state index in [4.69, 9.17) is 0 Å². The van der Waals surface area contributed by atoms with E-state index in [1.807, 2.05) is 0 Å². The highest BCUT2D eigenvalue weighted by atomic mass is 15.2. The Balaban J connectivity index is 1.70. The van der Waals surface area contributed by atoms with Crippen LogP contribution in [-0.2, 0) is 0 Å². The first-order valence-corrected chi connectivity index (χ1v) is 8.00. The van der Waals surface area contributed by atoms with Gasteiger partial charge in [-0.05, 0) is 65.3 Å². The molecule has 18 heavy (non-hydrogen) atoms. The Bertz CT molecular complexity index is 218. The molecule has 2 fully saturated rings. The summed E-state index contributed by atoms with van der Waals surface area (Å²) in [5.74, 6) is 0. The lowest BCUT2D eigenvalue weighted by molar-refractivity contribution is 0.0759. The van der Waals surface area contributed by atoms with Crippen molar-refractivity contribution in [2.75, 3.05) is 39.3 Å². The third-order valence-electron chi connectivity index (χ3n) is 4.72. The van der Waals surface area contributed by atoms with Crippen molar-refractivity contribution < 1.29 is 0 Å². The Kier molecular flexibility index (Phi) is 5.93. The molecule has 0 bridgehead atoms. The van der Waals surface area contributed by atoms with Crippen LogP contribution in [0, 0.1) is 0 Å². The van der Waals surface area contributed by atoms with Crippen LogP contribution in [0.15, 0.2) is 0 Å². The van der Waals surface area contributed by atoms with Gasteiger partial charge in [-0.2, -0.15) is 0 Å². The lowest BCUT2D eigenvalue weighted by Gasteiger charge is -2.42. The molecule has 2 heterocycles. The van der Waals surface area contributed by atoms with Gasteiger partial charge in [0.15, 0.2) is 0 Å². The predicted octanol–water partition coefficient (Wildman–Crippen LogP) is 1.93. The summed E-state index contributed by atoms with van der Waals surface area (Å²) in [6.07, 6.45) is 7.08. The van der Waals surface area contributed by atoms with Gasteiger partial charge in [0.2, 0.25) is 0 Å². The Labute approximate surface area is 113 Å². The number of hydrogen-bond donors (Lipinski definition) is 1. The van der Waals surface area contributed by atoms with Crippen LogP contribution in [0.4, 0.5) is 0 Å². The molecule has 0 aromatic rings. The second-order valence-corrected chi connectivity index (χ2v) is 6.02. The largest absolute Gasteiger partial charge is 0.315 e. The van der Waals surface area contributed by atoms with Gasteiger partial charge in [-0.15, -0.1) is 0 Å². The molecule has 2 saturated heterocycles. The first-order valence-electron chi connectivity index (χ1n) is 8.00. The molecule has 3 heteroatoms. The van der Waals surface area contributed by atoms with Crippen LogP contribution in [0.2, 0.25) is 0 Å². The summed E-state index contributed by atoms with van der Waals surface area (Å²) in [6, 6.07) is 1.58. The number of hydrogen-bond acceptors (Lipinski definition) is 3. The van der Waals surface area contributed by atoms with Crippen LogP contribution in [-0.4, -0.2) is 61.2 Å². The standard InChI is InChI=1S/C15H31N3/c1-3-16-13-14(2)17-11-7-15(8-12-17)18-9-5-4-6-10-18/h14-16H,3-13H2,1-2H3. The highest BCUT2D eigenvalue weighted by Gasteiger charge is 2.27. The number of rotatable bonds is 5. The van der Waals surface area contributed by atoms with Gasteiger partial charge in [0.05, 0.1) is 0 Å². The van der Waals surface area contributed by atoms with Crippen molar-refractivity contribution in [2.45, 2.75) is 58.0 Å². The molecule has 1 unspecified atom stereocenters. The molecule has 0 aromatic carbocycles. The van der Waals surface area contributed by atoms with Crippen molar-refractivity contribution >= 4 is 0 Å². The van der Waals surface area contributed by atoms with Crippen molar-refractivity contribution in [3.63, 3.8) is 0 Å². The molecule has 0 aliphatic carbocycles. The SMILES string of the molecule is CCNCC(C)N1CCC(N2CCCCC2)CC1. The van der Waals surface area contributed by atoms with E-state index in [9.17, 15) is 0 Å². The van der Waals surface area contributed by atoms with Crippen molar-refractivity contribution in [3.05, 3.63) is 0 Å². The van der Waals surface area contributed by atoms with E-state index in [0.717, 1.165) is 19.1 Å². The van der Waals surface area contributed by atoms with E-state index < -0.39 is 0 Å². The summed E-state index contributed by atoms with van der Waals surface area (Å²) < 4.78 is 0. The zero-order valence-electron chi connectivity index (χ0n) is 12.3. The lowest BCUT2D eigenvalue weighted by atomic mass is 9.99. The predicted molar refractivity (Wildman–Crippen MR) is 78.0 cm³/mol. The van der Waals surface area contributed by atoms with Gasteiger partial charge in [-0.3, -0.25) is 4.90 Å². The zero-order valence-corrected chi connectivity index (χ0v) is 12.3. The third kappa shape index (κ3) is 3.94. The Morgan fingerprint density at radius 3 is 2.33 bits per heavy atom. The molecule has 0 aromatic heterocycles. The van der Waals surface area contributed by atoms with Gasteiger partial charge in [0, 0.05) is 18.6 Å². The quantitative estimate of drug-likeness (QED) is 0.808. The maximum atomic E-state index is 3.47. The fourth-order valence-electron chi connectivity index (χ4n) is 3.46. The number of likely N-dealkylation sites (tertiary alicyclic amines) is 2. The first-order chi connectivity index (χ1) is 8.81. The van der Waals surface area contributed by atoms with Crippen LogP contribution in [0.25, 0.3) is 0 Å². The number of nitrogens with zero attached hydrogens (tertiary/aromatic N) is 2. The van der Waals surface area contributed by atoms with Crippen LogP contribution in [0.3, 0.4) is 0 Å². The molecular formula is C15H31N3. The normalized spacial score (nSPS) is 26.3. The average molecular weight is 253 g/mol. The Hall–Kier alpha value is -0.120. The summed E-state index contributed by atoms with van der Waals surface area (Å²) >= 11 is 0. The van der Waals surface area contributed by atoms with E-state index in [-0.39, 0.29) is 0 Å². The molecule has 2 aliphatic heterocycles. The molecule has 2 rings (SSSR count). The molecule has 106 valence electrons. The van der Waals surface area contributed by atoms with Crippen LogP contribution < -0.4 is 5.32 Å². The minimum atomic E-state index is 0.701. The van der Waals surface area contributed by atoms with Crippen molar-refractivity contribution in [2.24, 2.45) is 0 Å². The van der Waals surface area contributed by atoms with Gasteiger partial charge in [0.25, 0.3) is 0 Å². The van der Waals surface area contributed by atoms with Crippen LogP contribution >= 0.6 is 0 Å². The van der Waals surface area contributed by atoms with Crippen molar-refractivity contribution in [3.8, 4) is 0 Å². The highest BCUT2D eigenvalue weighted by molar-refractivity contribution is 4.83. The van der Waals surface area contributed by atoms with E-state index in [0.29, 0.717) is 6.04 Å². The molecule has 1 atom stereocenters. The Morgan fingerprint density at radius 2 is 1.72 bits per heavy atom. The summed E-state index contributed by atoms with van der Waals surface area (Å²) in [5.41, 5.74) is 0. The van der Waals surface area contributed by atoms with Crippen LogP contribution in [0.1, 0.15) is 46.0 Å². The molecule has 3 nitrogen and oxygen atoms in total. The molecular weight excluding hydrogens is 222 g/mol. The molecule has 1 N–H and O–H groups in total. The fourth-order valence-corrected chi connectivity index (χ4v) is 3.46. The first kappa shape index (κ1) is 14.3. The minimum absolute atomic E-state index is 0.701. The third-order valence-corrected chi connectivity index (χ3v) is 4.72. The number of nitrogens with one attached hydrogen (secondary N) is 1. The number of likely N-dealkylation sites (N-methyl/N-ethyl adjacent to an activating group) is 1. The molecule has 0 saturated carbocycles. The molecule has 0 radical (unpaired) electrons. The molecule has 2 aliphatic rings. The average Bonchev–Trinajstić information content (AvgIpc) is 2.46. The smallest absolute Gasteiger partial charge is 0.0192 e. The summed E-state index contributed by atoms with van der Waals surface area (Å²) in [5, 5.41) is 3.47. The van der Waals surface area contributed by atoms with E-state index in [1.165, 1.54) is 58.3 Å². The summed E-state index contributed by atoms with van der Waals surface area (Å²) in [4.78, 5) is 5.43. The second kappa shape index (κ2) is 7.46. The fraction of sp³-hybridized carbons (Fsp3) is 1.00. The van der Waals surface area contributed by atoms with Crippen molar-refractivity contribution in [1.82, 2.24) is 15.1 Å². The molecule has 0 spiro atoms. The van der Waals surface area contributed by atoms with Gasteiger partial charge in [0.1, 0.15) is 0 Å². The maximum absolute atomic E-state index is 3.47. The summed E-state index contributed by atoms with van der Waals surface area (Å²) in [7, 11) is 0. The monoisotopic (exact) mass is 253 g/mol. The van der Waals surface area contributed by atoms with E-state index in [1.54, 1.807) is 0 Å². The maximum Gasteiger partial charge on any atom is 0.0192 e.